The summed E-state index contributed by atoms with van der Waals surface area (Å²) in [7, 11) is 2.20. The summed E-state index contributed by atoms with van der Waals surface area (Å²) in [5, 5.41) is 7.11. The first-order valence-corrected chi connectivity index (χ1v) is 7.55. The largest absolute Gasteiger partial charge is 0.316 e. The fraction of sp³-hybridized carbons (Fsp3) is 0.625. The molecule has 3 rings (SSSR count). The van der Waals surface area contributed by atoms with E-state index in [1.54, 1.807) is 0 Å². The number of piperidine rings is 1. The number of hydrogen-bond acceptors (Lipinski definition) is 3. The van der Waals surface area contributed by atoms with Crippen molar-refractivity contribution in [3.63, 3.8) is 0 Å². The van der Waals surface area contributed by atoms with Gasteiger partial charge in [0, 0.05) is 32.2 Å². The van der Waals surface area contributed by atoms with Crippen LogP contribution in [-0.2, 0) is 0 Å². The lowest BCUT2D eigenvalue weighted by molar-refractivity contribution is 0.241. The summed E-state index contributed by atoms with van der Waals surface area (Å²) < 4.78 is 0. The van der Waals surface area contributed by atoms with E-state index in [-0.39, 0.29) is 0 Å². The lowest BCUT2D eigenvalue weighted by Gasteiger charge is -2.31. The fourth-order valence-corrected chi connectivity index (χ4v) is 3.26. The number of hydrogen-bond donors (Lipinski definition) is 2. The van der Waals surface area contributed by atoms with Gasteiger partial charge in [0.05, 0.1) is 0 Å². The summed E-state index contributed by atoms with van der Waals surface area (Å²) >= 11 is 0. The molecule has 0 amide bonds. The highest BCUT2D eigenvalue weighted by molar-refractivity contribution is 5.28. The average Bonchev–Trinajstić information content (AvgIpc) is 2.48. The second-order valence-electron chi connectivity index (χ2n) is 5.98. The van der Waals surface area contributed by atoms with Crippen molar-refractivity contribution >= 4 is 0 Å². The molecular weight excluding hydrogens is 234 g/mol. The van der Waals surface area contributed by atoms with Crippen molar-refractivity contribution < 1.29 is 0 Å². The summed E-state index contributed by atoms with van der Waals surface area (Å²) in [4.78, 5) is 2.40. The summed E-state index contributed by atoms with van der Waals surface area (Å²) in [5.41, 5.74) is 2.93. The van der Waals surface area contributed by atoms with Gasteiger partial charge in [-0.1, -0.05) is 24.3 Å². The predicted molar refractivity (Wildman–Crippen MR) is 79.5 cm³/mol. The minimum Gasteiger partial charge on any atom is -0.316 e. The fourth-order valence-electron chi connectivity index (χ4n) is 3.26. The molecule has 2 aliphatic rings. The Kier molecular flexibility index (Phi) is 4.16. The molecular formula is C16H25N3. The van der Waals surface area contributed by atoms with E-state index in [2.05, 4.69) is 46.8 Å². The second-order valence-corrected chi connectivity index (χ2v) is 5.98. The topological polar surface area (TPSA) is 27.3 Å². The van der Waals surface area contributed by atoms with Gasteiger partial charge in [0.25, 0.3) is 0 Å². The Labute approximate surface area is 116 Å². The molecule has 2 saturated heterocycles. The molecule has 104 valence electrons. The molecule has 2 N–H and O–H groups in total. The normalized spacial score (nSPS) is 29.3. The SMILES string of the molecule is CN1CCNC(c2ccc(C3CCCNC3)cc2)C1. The molecule has 2 fully saturated rings. The minimum absolute atomic E-state index is 0.497. The van der Waals surface area contributed by atoms with E-state index in [1.165, 1.54) is 30.5 Å². The monoisotopic (exact) mass is 259 g/mol. The maximum Gasteiger partial charge on any atom is 0.0449 e. The molecule has 0 aromatic heterocycles. The Balaban J connectivity index is 1.67. The highest BCUT2D eigenvalue weighted by Gasteiger charge is 2.19. The van der Waals surface area contributed by atoms with Crippen molar-refractivity contribution in [1.29, 1.82) is 0 Å². The lowest BCUT2D eigenvalue weighted by Crippen LogP contribution is -2.43. The molecule has 2 unspecified atom stereocenters. The van der Waals surface area contributed by atoms with Gasteiger partial charge >= 0.3 is 0 Å². The number of benzene rings is 1. The van der Waals surface area contributed by atoms with Crippen molar-refractivity contribution in [2.24, 2.45) is 0 Å². The van der Waals surface area contributed by atoms with Crippen molar-refractivity contribution in [2.45, 2.75) is 24.8 Å². The third-order valence-corrected chi connectivity index (χ3v) is 4.49. The zero-order valence-corrected chi connectivity index (χ0v) is 11.9. The van der Waals surface area contributed by atoms with Crippen LogP contribution in [0.25, 0.3) is 0 Å². The third-order valence-electron chi connectivity index (χ3n) is 4.49. The van der Waals surface area contributed by atoms with Crippen LogP contribution in [0.2, 0.25) is 0 Å². The summed E-state index contributed by atoms with van der Waals surface area (Å²) in [6, 6.07) is 9.81. The van der Waals surface area contributed by atoms with Crippen LogP contribution in [0.4, 0.5) is 0 Å². The molecule has 0 aliphatic carbocycles. The van der Waals surface area contributed by atoms with Crippen LogP contribution in [0, 0.1) is 0 Å². The molecule has 19 heavy (non-hydrogen) atoms. The standard InChI is InChI=1S/C16H25N3/c1-19-10-9-18-16(12-19)14-6-4-13(5-7-14)15-3-2-8-17-11-15/h4-7,15-18H,2-3,8-12H2,1H3. The van der Waals surface area contributed by atoms with Crippen molar-refractivity contribution in [2.75, 3.05) is 39.8 Å². The highest BCUT2D eigenvalue weighted by Crippen LogP contribution is 2.25. The summed E-state index contributed by atoms with van der Waals surface area (Å²) in [6.07, 6.45) is 2.64. The molecule has 1 aromatic carbocycles. The number of nitrogens with one attached hydrogen (secondary N) is 2. The second kappa shape index (κ2) is 6.04. The number of nitrogens with zero attached hydrogens (tertiary/aromatic N) is 1. The van der Waals surface area contributed by atoms with Gasteiger partial charge in [0.1, 0.15) is 0 Å². The first-order valence-electron chi connectivity index (χ1n) is 7.55. The van der Waals surface area contributed by atoms with Gasteiger partial charge in [-0.05, 0) is 43.5 Å². The molecule has 0 radical (unpaired) electrons. The maximum atomic E-state index is 3.61. The average molecular weight is 259 g/mol. The van der Waals surface area contributed by atoms with Gasteiger partial charge in [0.15, 0.2) is 0 Å². The Morgan fingerprint density at radius 1 is 1.11 bits per heavy atom. The van der Waals surface area contributed by atoms with E-state index in [0.29, 0.717) is 12.0 Å². The van der Waals surface area contributed by atoms with Gasteiger partial charge in [-0.25, -0.2) is 0 Å². The van der Waals surface area contributed by atoms with Gasteiger partial charge in [-0.15, -0.1) is 0 Å². The van der Waals surface area contributed by atoms with Crippen LogP contribution in [0.15, 0.2) is 24.3 Å². The van der Waals surface area contributed by atoms with Crippen LogP contribution >= 0.6 is 0 Å². The van der Waals surface area contributed by atoms with Crippen molar-refractivity contribution in [3.8, 4) is 0 Å². The molecule has 3 heteroatoms. The van der Waals surface area contributed by atoms with Crippen LogP contribution < -0.4 is 10.6 Å². The van der Waals surface area contributed by atoms with Gasteiger partial charge < -0.3 is 15.5 Å². The third kappa shape index (κ3) is 3.16. The molecule has 1 aromatic rings. The minimum atomic E-state index is 0.497. The number of likely N-dealkylation sites (N-methyl/N-ethyl adjacent to an activating group) is 1. The summed E-state index contributed by atoms with van der Waals surface area (Å²) in [5.74, 6) is 0.713. The Hall–Kier alpha value is -0.900. The van der Waals surface area contributed by atoms with E-state index in [9.17, 15) is 0 Å². The number of piperazine rings is 1. The quantitative estimate of drug-likeness (QED) is 0.847. The first-order chi connectivity index (χ1) is 9.33. The Bertz CT molecular complexity index is 395. The van der Waals surface area contributed by atoms with E-state index in [4.69, 9.17) is 0 Å². The van der Waals surface area contributed by atoms with Gasteiger partial charge in [0.2, 0.25) is 0 Å². The van der Waals surface area contributed by atoms with E-state index < -0.39 is 0 Å². The van der Waals surface area contributed by atoms with E-state index in [0.717, 1.165) is 26.2 Å². The van der Waals surface area contributed by atoms with Crippen molar-refractivity contribution in [3.05, 3.63) is 35.4 Å². The van der Waals surface area contributed by atoms with E-state index >= 15 is 0 Å². The van der Waals surface area contributed by atoms with Crippen LogP contribution in [-0.4, -0.2) is 44.7 Å². The zero-order chi connectivity index (χ0) is 13.1. The van der Waals surface area contributed by atoms with E-state index in [1.807, 2.05) is 0 Å². The molecule has 2 atom stereocenters. The lowest BCUT2D eigenvalue weighted by atomic mass is 9.90. The van der Waals surface area contributed by atoms with Crippen molar-refractivity contribution in [1.82, 2.24) is 15.5 Å². The van der Waals surface area contributed by atoms with Gasteiger partial charge in [-0.2, -0.15) is 0 Å². The summed E-state index contributed by atoms with van der Waals surface area (Å²) in [6.45, 7) is 5.69. The molecule has 2 aliphatic heterocycles. The van der Waals surface area contributed by atoms with Crippen LogP contribution in [0.1, 0.15) is 35.9 Å². The molecule has 2 heterocycles. The smallest absolute Gasteiger partial charge is 0.0449 e. The highest BCUT2D eigenvalue weighted by atomic mass is 15.2. The van der Waals surface area contributed by atoms with Crippen LogP contribution in [0.3, 0.4) is 0 Å². The zero-order valence-electron chi connectivity index (χ0n) is 11.9. The molecule has 0 saturated carbocycles. The Morgan fingerprint density at radius 3 is 2.58 bits per heavy atom. The first kappa shape index (κ1) is 13.1. The van der Waals surface area contributed by atoms with Crippen LogP contribution in [0.5, 0.6) is 0 Å². The predicted octanol–water partition coefficient (Wildman–Crippen LogP) is 1.73. The Morgan fingerprint density at radius 2 is 1.89 bits per heavy atom. The van der Waals surface area contributed by atoms with Gasteiger partial charge in [-0.3, -0.25) is 0 Å². The molecule has 0 spiro atoms. The maximum absolute atomic E-state index is 3.61. The molecule has 0 bridgehead atoms. The number of rotatable bonds is 2. The molecule has 3 nitrogen and oxygen atoms in total.